The molecule has 0 spiro atoms. The van der Waals surface area contributed by atoms with Crippen molar-refractivity contribution in [2.45, 2.75) is 13.8 Å². The van der Waals surface area contributed by atoms with Gasteiger partial charge < -0.3 is 4.84 Å². The van der Waals surface area contributed by atoms with E-state index in [1.54, 1.807) is 6.26 Å². The molecule has 0 unspecified atom stereocenters. The average Bonchev–Trinajstić information content (AvgIpc) is 1.77. The highest BCUT2D eigenvalue weighted by Crippen LogP contribution is 1.98. The lowest BCUT2D eigenvalue weighted by Gasteiger charge is -2.07. The lowest BCUT2D eigenvalue weighted by Crippen LogP contribution is -2.12. The van der Waals surface area contributed by atoms with Gasteiger partial charge in [0.25, 0.3) is 0 Å². The average molecular weight is 112 g/mol. The zero-order valence-electron chi connectivity index (χ0n) is 4.93. The van der Waals surface area contributed by atoms with Crippen LogP contribution in [0.4, 0.5) is 0 Å². The van der Waals surface area contributed by atoms with Crippen LogP contribution in [0.1, 0.15) is 13.8 Å². The first-order chi connectivity index (χ1) is 3.80. The third kappa shape index (κ3) is 0.804. The third-order valence-electron chi connectivity index (χ3n) is 1.07. The van der Waals surface area contributed by atoms with Crippen LogP contribution >= 0.6 is 0 Å². The number of hydrazone groups is 1. The molecule has 0 aromatic carbocycles. The minimum Gasteiger partial charge on any atom is -0.373 e. The summed E-state index contributed by atoms with van der Waals surface area (Å²) in [6.45, 7) is 3.86. The normalized spacial score (nSPS) is 17.8. The molecule has 1 aliphatic heterocycles. The minimum atomic E-state index is 0.969. The molecule has 1 N–H and O–H groups in total. The van der Waals surface area contributed by atoms with Crippen LogP contribution in [0.2, 0.25) is 0 Å². The van der Waals surface area contributed by atoms with E-state index in [0.717, 1.165) is 11.3 Å². The Morgan fingerprint density at radius 1 is 1.62 bits per heavy atom. The van der Waals surface area contributed by atoms with Gasteiger partial charge in [0.2, 0.25) is 0 Å². The largest absolute Gasteiger partial charge is 0.373 e. The summed E-state index contributed by atoms with van der Waals surface area (Å²) < 4.78 is 0. The van der Waals surface area contributed by atoms with Gasteiger partial charge in [-0.2, -0.15) is 0 Å². The maximum absolute atomic E-state index is 4.65. The van der Waals surface area contributed by atoms with Gasteiger partial charge in [-0.05, 0) is 13.8 Å². The number of rotatable bonds is 0. The number of nitrogens with zero attached hydrogens (tertiary/aromatic N) is 1. The van der Waals surface area contributed by atoms with Crippen molar-refractivity contribution in [2.75, 3.05) is 0 Å². The monoisotopic (exact) mass is 112 g/mol. The molecule has 0 aromatic rings. The second-order valence-electron chi connectivity index (χ2n) is 1.71. The zero-order valence-corrected chi connectivity index (χ0v) is 4.93. The Morgan fingerprint density at radius 2 is 2.38 bits per heavy atom. The Balaban J connectivity index is 2.73. The first kappa shape index (κ1) is 5.15. The summed E-state index contributed by atoms with van der Waals surface area (Å²) in [6, 6.07) is 0. The molecular weight excluding hydrogens is 104 g/mol. The van der Waals surface area contributed by atoms with Crippen LogP contribution < -0.4 is 5.59 Å². The van der Waals surface area contributed by atoms with E-state index in [1.807, 2.05) is 13.8 Å². The van der Waals surface area contributed by atoms with E-state index in [2.05, 4.69) is 15.5 Å². The molecule has 1 rings (SSSR count). The van der Waals surface area contributed by atoms with E-state index in [-0.39, 0.29) is 0 Å². The molecule has 0 aliphatic carbocycles. The standard InChI is InChI=1S/C5H8N2O/c1-4-3-8-7-6-5(4)2/h3,7H,1-2H3. The van der Waals surface area contributed by atoms with E-state index in [1.165, 1.54) is 0 Å². The molecule has 0 aromatic heterocycles. The second-order valence-corrected chi connectivity index (χ2v) is 1.71. The Morgan fingerprint density at radius 3 is 2.75 bits per heavy atom. The molecule has 3 nitrogen and oxygen atoms in total. The van der Waals surface area contributed by atoms with Crippen LogP contribution in [0.15, 0.2) is 16.9 Å². The Hall–Kier alpha value is -0.990. The van der Waals surface area contributed by atoms with Gasteiger partial charge in [0.15, 0.2) is 0 Å². The van der Waals surface area contributed by atoms with E-state index in [9.17, 15) is 0 Å². The van der Waals surface area contributed by atoms with E-state index in [4.69, 9.17) is 0 Å². The van der Waals surface area contributed by atoms with Crippen LogP contribution in [0.3, 0.4) is 0 Å². The van der Waals surface area contributed by atoms with Gasteiger partial charge in [-0.25, -0.2) is 0 Å². The SMILES string of the molecule is CC1=CONN=C1C. The fraction of sp³-hybridized carbons (Fsp3) is 0.400. The Kier molecular flexibility index (Phi) is 1.20. The van der Waals surface area contributed by atoms with Crippen molar-refractivity contribution in [2.24, 2.45) is 5.10 Å². The quantitative estimate of drug-likeness (QED) is 0.503. The molecule has 44 valence electrons. The summed E-state index contributed by atoms with van der Waals surface area (Å²) in [6.07, 6.45) is 1.63. The molecule has 0 amide bonds. The van der Waals surface area contributed by atoms with E-state index >= 15 is 0 Å². The van der Waals surface area contributed by atoms with Crippen LogP contribution in [-0.4, -0.2) is 5.71 Å². The van der Waals surface area contributed by atoms with Crippen molar-refractivity contribution >= 4 is 5.71 Å². The van der Waals surface area contributed by atoms with Gasteiger partial charge >= 0.3 is 0 Å². The highest BCUT2D eigenvalue weighted by molar-refractivity contribution is 5.97. The first-order valence-corrected chi connectivity index (χ1v) is 2.43. The van der Waals surface area contributed by atoms with Gasteiger partial charge in [-0.3, -0.25) is 0 Å². The number of hydrogen-bond acceptors (Lipinski definition) is 3. The Bertz CT molecular complexity index is 131. The van der Waals surface area contributed by atoms with Gasteiger partial charge in [0.05, 0.1) is 5.71 Å². The van der Waals surface area contributed by atoms with Gasteiger partial charge in [0.1, 0.15) is 6.26 Å². The van der Waals surface area contributed by atoms with Gasteiger partial charge in [-0.1, -0.05) is 0 Å². The minimum absolute atomic E-state index is 0.969. The third-order valence-corrected chi connectivity index (χ3v) is 1.07. The molecular formula is C5H8N2O. The van der Waals surface area contributed by atoms with Crippen LogP contribution in [0.5, 0.6) is 0 Å². The summed E-state index contributed by atoms with van der Waals surface area (Å²) in [7, 11) is 0. The molecule has 1 aliphatic rings. The summed E-state index contributed by atoms with van der Waals surface area (Å²) in [5.74, 6) is 0. The van der Waals surface area contributed by atoms with E-state index in [0.29, 0.717) is 0 Å². The van der Waals surface area contributed by atoms with Gasteiger partial charge in [0, 0.05) is 5.57 Å². The first-order valence-electron chi connectivity index (χ1n) is 2.43. The zero-order chi connectivity index (χ0) is 5.98. The summed E-state index contributed by atoms with van der Waals surface area (Å²) in [5.41, 5.74) is 4.40. The fourth-order valence-electron chi connectivity index (χ4n) is 0.383. The van der Waals surface area contributed by atoms with Crippen LogP contribution in [-0.2, 0) is 4.84 Å². The topological polar surface area (TPSA) is 33.6 Å². The second kappa shape index (κ2) is 1.86. The number of allylic oxidation sites excluding steroid dienone is 1. The molecule has 0 bridgehead atoms. The maximum Gasteiger partial charge on any atom is 0.126 e. The summed E-state index contributed by atoms with van der Waals surface area (Å²) in [5, 5.41) is 3.79. The molecule has 0 radical (unpaired) electrons. The molecule has 0 saturated heterocycles. The van der Waals surface area contributed by atoms with Crippen molar-refractivity contribution in [1.29, 1.82) is 0 Å². The highest BCUT2D eigenvalue weighted by Gasteiger charge is 1.97. The molecule has 0 saturated carbocycles. The maximum atomic E-state index is 4.65. The van der Waals surface area contributed by atoms with Crippen molar-refractivity contribution in [3.05, 3.63) is 11.8 Å². The highest BCUT2D eigenvalue weighted by atomic mass is 16.7. The van der Waals surface area contributed by atoms with Crippen molar-refractivity contribution in [3.63, 3.8) is 0 Å². The van der Waals surface area contributed by atoms with Crippen LogP contribution in [0, 0.1) is 0 Å². The lowest BCUT2D eigenvalue weighted by atomic mass is 10.2. The molecule has 0 fully saturated rings. The number of nitrogens with one attached hydrogen (secondary N) is 1. The predicted molar refractivity (Wildman–Crippen MR) is 31.1 cm³/mol. The lowest BCUT2D eigenvalue weighted by molar-refractivity contribution is 0.133. The van der Waals surface area contributed by atoms with Gasteiger partial charge in [-0.15, -0.1) is 10.7 Å². The summed E-state index contributed by atoms with van der Waals surface area (Å²) in [4.78, 5) is 4.65. The summed E-state index contributed by atoms with van der Waals surface area (Å²) >= 11 is 0. The molecule has 1 heterocycles. The fourth-order valence-corrected chi connectivity index (χ4v) is 0.383. The predicted octanol–water partition coefficient (Wildman–Crippen LogP) is 0.801. The smallest absolute Gasteiger partial charge is 0.126 e. The van der Waals surface area contributed by atoms with Crippen LogP contribution in [0.25, 0.3) is 0 Å². The van der Waals surface area contributed by atoms with Crippen molar-refractivity contribution < 1.29 is 4.84 Å². The van der Waals surface area contributed by atoms with E-state index < -0.39 is 0 Å². The molecule has 0 atom stereocenters. The van der Waals surface area contributed by atoms with Crippen molar-refractivity contribution in [1.82, 2.24) is 5.59 Å². The number of hydrogen-bond donors (Lipinski definition) is 1. The van der Waals surface area contributed by atoms with Crippen molar-refractivity contribution in [3.8, 4) is 0 Å². The Labute approximate surface area is 48.0 Å². The molecule has 3 heteroatoms. The molecule has 8 heavy (non-hydrogen) atoms.